The van der Waals surface area contributed by atoms with Gasteiger partial charge in [0.05, 0.1) is 40.2 Å². The Morgan fingerprint density at radius 2 is 1.73 bits per heavy atom. The van der Waals surface area contributed by atoms with E-state index in [0.717, 1.165) is 11.1 Å². The van der Waals surface area contributed by atoms with Gasteiger partial charge in [-0.05, 0) is 59.6 Å². The number of carbonyl (C=O) groups excluding carboxylic acids is 3. The van der Waals surface area contributed by atoms with Gasteiger partial charge in [-0.25, -0.2) is 9.78 Å². The quantitative estimate of drug-likeness (QED) is 0.203. The van der Waals surface area contributed by atoms with Crippen LogP contribution in [0.15, 0.2) is 29.1 Å². The number of aromatic nitrogens is 1. The fourth-order valence-electron chi connectivity index (χ4n) is 5.90. The van der Waals surface area contributed by atoms with Crippen molar-refractivity contribution >= 4 is 39.9 Å². The number of carbonyl (C=O) groups is 3. The topological polar surface area (TPSA) is 154 Å². The van der Waals surface area contributed by atoms with Gasteiger partial charge >= 0.3 is 5.97 Å². The standard InChI is InChI=1S/C35H44N4O8S/c1-10-18(4)28(33(42)39-35-38-29(34(43)47-9)32(48-35)17(2)3)37-24-14-12-21-22(16-25(24)41)23(36-19(5)40)13-11-20-15-26(44-6)30(45-7)31(46-8)27(20)21/h12,14-18,23,28H,10-11,13H2,1-9H3,(H,36,40)(H,37,41)(H,38,39,42)/t18-,23-,28-/m0/s1. The highest BCUT2D eigenvalue weighted by atomic mass is 32.1. The summed E-state index contributed by atoms with van der Waals surface area (Å²) in [5.41, 5.74) is 2.91. The minimum absolute atomic E-state index is 0.0144. The molecule has 4 rings (SSSR count). The summed E-state index contributed by atoms with van der Waals surface area (Å²) in [7, 11) is 5.90. The van der Waals surface area contributed by atoms with Crippen LogP contribution in [-0.2, 0) is 20.7 Å². The van der Waals surface area contributed by atoms with Crippen LogP contribution in [-0.4, -0.2) is 57.2 Å². The lowest BCUT2D eigenvalue weighted by Crippen LogP contribution is -2.40. The average molecular weight is 681 g/mol. The van der Waals surface area contributed by atoms with Gasteiger partial charge in [-0.1, -0.05) is 40.2 Å². The number of esters is 1. The summed E-state index contributed by atoms with van der Waals surface area (Å²) in [5, 5.41) is 9.32. The van der Waals surface area contributed by atoms with Crippen LogP contribution < -0.4 is 35.6 Å². The van der Waals surface area contributed by atoms with Gasteiger partial charge in [0, 0.05) is 17.4 Å². The molecule has 1 aliphatic rings. The Kier molecular flexibility index (Phi) is 11.7. The lowest BCUT2D eigenvalue weighted by Gasteiger charge is -2.23. The normalized spacial score (nSPS) is 14.8. The smallest absolute Gasteiger partial charge is 0.357 e. The third kappa shape index (κ3) is 7.40. The van der Waals surface area contributed by atoms with Gasteiger partial charge in [0.2, 0.25) is 23.0 Å². The number of thiazole rings is 1. The van der Waals surface area contributed by atoms with E-state index < -0.39 is 24.0 Å². The van der Waals surface area contributed by atoms with E-state index in [1.54, 1.807) is 26.4 Å². The molecule has 0 radical (unpaired) electrons. The van der Waals surface area contributed by atoms with Crippen LogP contribution in [0.3, 0.4) is 0 Å². The fraction of sp³-hybridized carbons (Fsp3) is 0.457. The zero-order valence-electron chi connectivity index (χ0n) is 28.9. The Bertz CT molecular complexity index is 1760. The number of amides is 2. The molecule has 2 amide bonds. The molecule has 0 fully saturated rings. The predicted octanol–water partition coefficient (Wildman–Crippen LogP) is 5.69. The van der Waals surface area contributed by atoms with E-state index in [9.17, 15) is 19.2 Å². The molecule has 3 aromatic rings. The molecule has 258 valence electrons. The van der Waals surface area contributed by atoms with Crippen molar-refractivity contribution in [3.05, 3.63) is 56.2 Å². The van der Waals surface area contributed by atoms with Crippen molar-refractivity contribution in [2.45, 2.75) is 71.9 Å². The number of nitrogens with zero attached hydrogens (tertiary/aromatic N) is 1. The molecule has 0 bridgehead atoms. The Hall–Kier alpha value is -4.65. The molecule has 1 heterocycles. The summed E-state index contributed by atoms with van der Waals surface area (Å²) < 4.78 is 22.0. The van der Waals surface area contributed by atoms with Gasteiger partial charge in [0.1, 0.15) is 6.04 Å². The monoisotopic (exact) mass is 680 g/mol. The van der Waals surface area contributed by atoms with Crippen molar-refractivity contribution in [1.82, 2.24) is 10.3 Å². The zero-order valence-corrected chi connectivity index (χ0v) is 29.7. The maximum absolute atomic E-state index is 13.9. The second-order valence-electron chi connectivity index (χ2n) is 12.0. The van der Waals surface area contributed by atoms with Crippen molar-refractivity contribution in [3.63, 3.8) is 0 Å². The number of benzene rings is 1. The molecule has 1 aromatic heterocycles. The van der Waals surface area contributed by atoms with Crippen molar-refractivity contribution in [2.75, 3.05) is 39.1 Å². The highest BCUT2D eigenvalue weighted by molar-refractivity contribution is 7.16. The summed E-state index contributed by atoms with van der Waals surface area (Å²) in [4.78, 5) is 57.4. The van der Waals surface area contributed by atoms with Crippen LogP contribution >= 0.6 is 11.3 Å². The van der Waals surface area contributed by atoms with E-state index in [4.69, 9.17) is 18.9 Å². The maximum Gasteiger partial charge on any atom is 0.357 e. The minimum atomic E-state index is -0.824. The second-order valence-corrected chi connectivity index (χ2v) is 13.0. The summed E-state index contributed by atoms with van der Waals surface area (Å²) in [6.07, 6.45) is 1.72. The van der Waals surface area contributed by atoms with Crippen molar-refractivity contribution < 1.29 is 33.3 Å². The van der Waals surface area contributed by atoms with Crippen LogP contribution in [0.2, 0.25) is 0 Å². The van der Waals surface area contributed by atoms with E-state index >= 15 is 0 Å². The Morgan fingerprint density at radius 1 is 1.02 bits per heavy atom. The fourth-order valence-corrected chi connectivity index (χ4v) is 6.86. The van der Waals surface area contributed by atoms with E-state index in [1.165, 1.54) is 38.5 Å². The average Bonchev–Trinajstić information content (AvgIpc) is 3.35. The number of aryl methyl sites for hydroxylation is 1. The van der Waals surface area contributed by atoms with Crippen LogP contribution in [0, 0.1) is 5.92 Å². The molecule has 3 atom stereocenters. The number of anilines is 2. The largest absolute Gasteiger partial charge is 0.493 e. The van der Waals surface area contributed by atoms with Gasteiger partial charge in [-0.2, -0.15) is 0 Å². The summed E-state index contributed by atoms with van der Waals surface area (Å²) in [5.74, 6) is -0.0755. The number of hydrogen-bond donors (Lipinski definition) is 3. The highest BCUT2D eigenvalue weighted by Gasteiger charge is 2.31. The van der Waals surface area contributed by atoms with E-state index in [1.807, 2.05) is 33.8 Å². The van der Waals surface area contributed by atoms with Crippen molar-refractivity contribution in [2.24, 2.45) is 5.92 Å². The highest BCUT2D eigenvalue weighted by Crippen LogP contribution is 2.50. The Labute approximate surface area is 284 Å². The number of fused-ring (bicyclic) bond motifs is 3. The molecule has 2 aromatic carbocycles. The molecular formula is C35H44N4O8S. The van der Waals surface area contributed by atoms with Crippen molar-refractivity contribution in [3.8, 4) is 28.4 Å². The lowest BCUT2D eigenvalue weighted by molar-refractivity contribution is -0.120. The van der Waals surface area contributed by atoms with Gasteiger partial charge < -0.3 is 34.9 Å². The van der Waals surface area contributed by atoms with E-state index in [-0.39, 0.29) is 39.7 Å². The Morgan fingerprint density at radius 3 is 2.31 bits per heavy atom. The molecule has 0 saturated carbocycles. The summed E-state index contributed by atoms with van der Waals surface area (Å²) >= 11 is 1.21. The number of rotatable bonds is 12. The lowest BCUT2D eigenvalue weighted by atomic mass is 9.95. The van der Waals surface area contributed by atoms with E-state index in [2.05, 4.69) is 20.9 Å². The van der Waals surface area contributed by atoms with Gasteiger partial charge in [0.25, 0.3) is 0 Å². The molecule has 1 aliphatic carbocycles. The van der Waals surface area contributed by atoms with Crippen LogP contribution in [0.25, 0.3) is 11.1 Å². The molecule has 48 heavy (non-hydrogen) atoms. The second kappa shape index (κ2) is 15.5. The zero-order chi connectivity index (χ0) is 35.3. The first-order chi connectivity index (χ1) is 22.9. The molecular weight excluding hydrogens is 636 g/mol. The number of hydrogen-bond acceptors (Lipinski definition) is 11. The molecule has 3 N–H and O–H groups in total. The predicted molar refractivity (Wildman–Crippen MR) is 186 cm³/mol. The SMILES string of the molecule is CC[C@H](C)[C@H](Nc1ccc2c(cc1=O)[C@@H](NC(C)=O)CCc1cc(OC)c(OC)c(OC)c1-2)C(=O)Nc1nc(C(=O)OC)c(C(C)C)s1. The summed E-state index contributed by atoms with van der Waals surface area (Å²) in [6.45, 7) is 9.16. The van der Waals surface area contributed by atoms with E-state index in [0.29, 0.717) is 52.5 Å². The first-order valence-corrected chi connectivity index (χ1v) is 16.6. The number of ether oxygens (including phenoxy) is 4. The minimum Gasteiger partial charge on any atom is -0.493 e. The molecule has 0 saturated heterocycles. The molecule has 0 spiro atoms. The molecule has 0 unspecified atom stereocenters. The van der Waals surface area contributed by atoms with Crippen molar-refractivity contribution in [1.29, 1.82) is 0 Å². The van der Waals surface area contributed by atoms with Crippen LogP contribution in [0.1, 0.15) is 85.9 Å². The number of methoxy groups -OCH3 is 4. The van der Waals surface area contributed by atoms with Crippen LogP contribution in [0.5, 0.6) is 17.2 Å². The number of nitrogens with one attached hydrogen (secondary N) is 3. The third-order valence-electron chi connectivity index (χ3n) is 8.51. The maximum atomic E-state index is 13.9. The molecule has 13 heteroatoms. The summed E-state index contributed by atoms with van der Waals surface area (Å²) in [6, 6.07) is 5.55. The first kappa shape index (κ1) is 36.2. The third-order valence-corrected chi connectivity index (χ3v) is 9.78. The van der Waals surface area contributed by atoms with Gasteiger partial charge in [-0.3, -0.25) is 14.4 Å². The van der Waals surface area contributed by atoms with Crippen LogP contribution in [0.4, 0.5) is 10.8 Å². The molecule has 12 nitrogen and oxygen atoms in total. The molecule has 0 aliphatic heterocycles. The Balaban J connectivity index is 1.82. The first-order valence-electron chi connectivity index (χ1n) is 15.8. The van der Waals surface area contributed by atoms with Gasteiger partial charge in [-0.15, -0.1) is 11.3 Å². The van der Waals surface area contributed by atoms with Gasteiger partial charge in [0.15, 0.2) is 22.3 Å².